The number of aryl methyl sites for hydroxylation is 2. The smallest absolute Gasteiger partial charge is 0.191 e. The van der Waals surface area contributed by atoms with Gasteiger partial charge < -0.3 is 10.6 Å². The first-order valence-electron chi connectivity index (χ1n) is 7.85. The molecule has 0 bridgehead atoms. The van der Waals surface area contributed by atoms with Gasteiger partial charge in [0.25, 0.3) is 0 Å². The molecule has 0 amide bonds. The van der Waals surface area contributed by atoms with Crippen LogP contribution in [0.25, 0.3) is 0 Å². The van der Waals surface area contributed by atoms with E-state index in [0.29, 0.717) is 18.1 Å². The van der Waals surface area contributed by atoms with E-state index < -0.39 is 0 Å². The summed E-state index contributed by atoms with van der Waals surface area (Å²) in [5.74, 6) is 0.498. The number of halogens is 1. The first-order valence-corrected chi connectivity index (χ1v) is 8.73. The van der Waals surface area contributed by atoms with E-state index in [2.05, 4.69) is 26.0 Å². The fourth-order valence-electron chi connectivity index (χ4n) is 2.10. The Balaban J connectivity index is 1.80. The minimum Gasteiger partial charge on any atom is -0.357 e. The third-order valence-corrected chi connectivity index (χ3v) is 4.26. The lowest BCUT2D eigenvalue weighted by molar-refractivity contribution is 0.610. The molecule has 124 valence electrons. The molecular formula is C17H23FN4S. The molecular weight excluding hydrogens is 311 g/mol. The molecule has 0 saturated heterocycles. The van der Waals surface area contributed by atoms with Crippen LogP contribution in [0.4, 0.5) is 4.39 Å². The summed E-state index contributed by atoms with van der Waals surface area (Å²) in [6, 6.07) is 6.73. The maximum Gasteiger partial charge on any atom is 0.191 e. The summed E-state index contributed by atoms with van der Waals surface area (Å²) >= 11 is 1.70. The number of hydrogen-bond acceptors (Lipinski definition) is 3. The van der Waals surface area contributed by atoms with Gasteiger partial charge in [-0.2, -0.15) is 0 Å². The first kappa shape index (κ1) is 17.4. The highest BCUT2D eigenvalue weighted by Gasteiger charge is 2.02. The summed E-state index contributed by atoms with van der Waals surface area (Å²) in [4.78, 5) is 8.89. The van der Waals surface area contributed by atoms with Gasteiger partial charge in [-0.3, -0.25) is 0 Å². The van der Waals surface area contributed by atoms with Crippen molar-refractivity contribution in [2.75, 3.05) is 13.1 Å². The molecule has 1 aromatic heterocycles. The lowest BCUT2D eigenvalue weighted by Crippen LogP contribution is -2.37. The zero-order valence-corrected chi connectivity index (χ0v) is 14.4. The lowest BCUT2D eigenvalue weighted by Gasteiger charge is -2.11. The first-order chi connectivity index (χ1) is 11.2. The van der Waals surface area contributed by atoms with Gasteiger partial charge >= 0.3 is 0 Å². The number of thiazole rings is 1. The van der Waals surface area contributed by atoms with Gasteiger partial charge in [-0.15, -0.1) is 11.3 Å². The number of guanidine groups is 1. The third kappa shape index (κ3) is 5.98. The number of nitrogens with zero attached hydrogens (tertiary/aromatic N) is 2. The highest BCUT2D eigenvalue weighted by Crippen LogP contribution is 2.10. The number of aliphatic imine (C=N–C) groups is 1. The molecule has 0 spiro atoms. The van der Waals surface area contributed by atoms with E-state index in [1.807, 2.05) is 19.9 Å². The van der Waals surface area contributed by atoms with Gasteiger partial charge in [0.15, 0.2) is 5.96 Å². The van der Waals surface area contributed by atoms with Crippen LogP contribution < -0.4 is 10.6 Å². The number of benzene rings is 1. The summed E-state index contributed by atoms with van der Waals surface area (Å²) in [6.07, 6.45) is 1.94. The Morgan fingerprint density at radius 3 is 2.83 bits per heavy atom. The third-order valence-electron chi connectivity index (χ3n) is 3.24. The second kappa shape index (κ2) is 9.25. The summed E-state index contributed by atoms with van der Waals surface area (Å²) in [7, 11) is 0. The van der Waals surface area contributed by atoms with Gasteiger partial charge in [-0.25, -0.2) is 14.4 Å². The zero-order chi connectivity index (χ0) is 16.5. The fraction of sp³-hybridized carbons (Fsp3) is 0.412. The van der Waals surface area contributed by atoms with Crippen LogP contribution in [-0.4, -0.2) is 24.0 Å². The highest BCUT2D eigenvalue weighted by molar-refractivity contribution is 7.09. The maximum atomic E-state index is 13.6. The summed E-state index contributed by atoms with van der Waals surface area (Å²) in [6.45, 7) is 5.93. The van der Waals surface area contributed by atoms with E-state index in [4.69, 9.17) is 0 Å². The van der Waals surface area contributed by atoms with E-state index in [1.165, 1.54) is 6.07 Å². The van der Waals surface area contributed by atoms with Crippen LogP contribution in [0.5, 0.6) is 0 Å². The summed E-state index contributed by atoms with van der Waals surface area (Å²) in [5.41, 5.74) is 1.68. The van der Waals surface area contributed by atoms with Crippen molar-refractivity contribution < 1.29 is 4.39 Å². The Kier molecular flexibility index (Phi) is 7.00. The Morgan fingerprint density at radius 1 is 1.30 bits per heavy atom. The number of hydrogen-bond donors (Lipinski definition) is 2. The maximum absolute atomic E-state index is 13.6. The van der Waals surface area contributed by atoms with Crippen molar-refractivity contribution in [1.29, 1.82) is 0 Å². The number of rotatable bonds is 7. The minimum atomic E-state index is -0.216. The molecule has 0 unspecified atom stereocenters. The molecule has 0 fully saturated rings. The van der Waals surface area contributed by atoms with Crippen molar-refractivity contribution in [2.45, 2.75) is 33.2 Å². The molecule has 6 heteroatoms. The second-order valence-electron chi connectivity index (χ2n) is 5.20. The quantitative estimate of drug-likeness (QED) is 0.464. The van der Waals surface area contributed by atoms with Crippen molar-refractivity contribution in [2.24, 2.45) is 4.99 Å². The molecule has 1 heterocycles. The van der Waals surface area contributed by atoms with Crippen LogP contribution in [0.15, 0.2) is 34.6 Å². The van der Waals surface area contributed by atoms with Crippen molar-refractivity contribution >= 4 is 17.3 Å². The van der Waals surface area contributed by atoms with Crippen molar-refractivity contribution in [3.63, 3.8) is 0 Å². The van der Waals surface area contributed by atoms with Crippen LogP contribution in [0.3, 0.4) is 0 Å². The zero-order valence-electron chi connectivity index (χ0n) is 13.6. The fourth-order valence-corrected chi connectivity index (χ4v) is 2.91. The van der Waals surface area contributed by atoms with Crippen LogP contribution in [0.2, 0.25) is 0 Å². The molecule has 1 aromatic carbocycles. The molecule has 4 nitrogen and oxygen atoms in total. The van der Waals surface area contributed by atoms with Gasteiger partial charge in [0.1, 0.15) is 5.82 Å². The number of aromatic nitrogens is 1. The molecule has 23 heavy (non-hydrogen) atoms. The Bertz CT molecular complexity index is 639. The standard InChI is InChI=1S/C17H23FN4S/c1-3-19-17(21-11-14-7-4-5-8-15(14)18)20-10-6-9-16-22-13(2)12-23-16/h4-5,7-8,12H,3,6,9-11H2,1-2H3,(H2,19,20,21). The van der Waals surface area contributed by atoms with E-state index in [1.54, 1.807) is 23.5 Å². The second-order valence-corrected chi connectivity index (χ2v) is 6.14. The average Bonchev–Trinajstić information content (AvgIpc) is 2.96. The van der Waals surface area contributed by atoms with E-state index >= 15 is 0 Å². The molecule has 0 radical (unpaired) electrons. The molecule has 0 atom stereocenters. The minimum absolute atomic E-state index is 0.216. The van der Waals surface area contributed by atoms with Gasteiger partial charge in [-0.1, -0.05) is 18.2 Å². The summed E-state index contributed by atoms with van der Waals surface area (Å²) < 4.78 is 13.6. The topological polar surface area (TPSA) is 49.3 Å². The normalized spacial score (nSPS) is 11.5. The van der Waals surface area contributed by atoms with Crippen molar-refractivity contribution in [3.05, 3.63) is 51.7 Å². The molecule has 2 aromatic rings. The molecule has 0 aliphatic rings. The van der Waals surface area contributed by atoms with E-state index in [-0.39, 0.29) is 5.82 Å². The highest BCUT2D eigenvalue weighted by atomic mass is 32.1. The molecule has 2 rings (SSSR count). The van der Waals surface area contributed by atoms with Gasteiger partial charge in [0, 0.05) is 36.1 Å². The average molecular weight is 334 g/mol. The van der Waals surface area contributed by atoms with Crippen molar-refractivity contribution in [1.82, 2.24) is 15.6 Å². The number of nitrogens with one attached hydrogen (secondary N) is 2. The van der Waals surface area contributed by atoms with Gasteiger partial charge in [0.2, 0.25) is 0 Å². The largest absolute Gasteiger partial charge is 0.357 e. The SMILES string of the molecule is CCNC(=NCc1ccccc1F)NCCCc1nc(C)cs1. The molecule has 0 saturated carbocycles. The molecule has 2 N–H and O–H groups in total. The predicted octanol–water partition coefficient (Wildman–Crippen LogP) is 3.28. The van der Waals surface area contributed by atoms with Crippen LogP contribution in [-0.2, 0) is 13.0 Å². The summed E-state index contributed by atoms with van der Waals surface area (Å²) in [5, 5.41) is 9.70. The molecule has 0 aliphatic carbocycles. The molecule has 0 aliphatic heterocycles. The Morgan fingerprint density at radius 2 is 2.13 bits per heavy atom. The monoisotopic (exact) mass is 334 g/mol. The Labute approximate surface area is 140 Å². The van der Waals surface area contributed by atoms with Gasteiger partial charge in [-0.05, 0) is 26.3 Å². The Hall–Kier alpha value is -1.95. The predicted molar refractivity (Wildman–Crippen MR) is 94.4 cm³/mol. The van der Waals surface area contributed by atoms with Crippen LogP contribution in [0, 0.1) is 12.7 Å². The van der Waals surface area contributed by atoms with Crippen molar-refractivity contribution in [3.8, 4) is 0 Å². The van der Waals surface area contributed by atoms with Gasteiger partial charge in [0.05, 0.1) is 11.6 Å². The van der Waals surface area contributed by atoms with Crippen LogP contribution in [0.1, 0.15) is 29.6 Å². The van der Waals surface area contributed by atoms with E-state index in [9.17, 15) is 4.39 Å². The van der Waals surface area contributed by atoms with Crippen LogP contribution >= 0.6 is 11.3 Å². The lowest BCUT2D eigenvalue weighted by atomic mass is 10.2. The van der Waals surface area contributed by atoms with E-state index in [0.717, 1.165) is 36.6 Å².